The Balaban J connectivity index is 0.961. The molecule has 0 bridgehead atoms. The van der Waals surface area contributed by atoms with E-state index in [0.29, 0.717) is 0 Å². The lowest BCUT2D eigenvalue weighted by Gasteiger charge is -2.32. The summed E-state index contributed by atoms with van der Waals surface area (Å²) in [6.07, 6.45) is -0.320. The second-order valence-electron chi connectivity index (χ2n) is 14.8. The minimum atomic E-state index is -0.207. The summed E-state index contributed by atoms with van der Waals surface area (Å²) < 4.78 is 15.4. The van der Waals surface area contributed by atoms with Crippen molar-refractivity contribution in [1.82, 2.24) is 15.2 Å². The number of para-hydroxylation sites is 2. The van der Waals surface area contributed by atoms with Crippen LogP contribution in [0.15, 0.2) is 196 Å². The SMILES string of the molecule is c1ccc(C2N=C(c3ccc4c(c3)oc3ccc(-c5cccc6oc7ccc(-n8c9ccccc9c9ccccc98)cc7c56)cc34)NC(c3ccccc3)N2)cc1. The van der Waals surface area contributed by atoms with Crippen molar-refractivity contribution in [3.63, 3.8) is 0 Å². The maximum atomic E-state index is 6.55. The molecule has 12 rings (SSSR count). The molecule has 0 saturated heterocycles. The number of nitrogens with zero attached hydrogens (tertiary/aromatic N) is 2. The number of furan rings is 2. The van der Waals surface area contributed by atoms with Crippen LogP contribution in [0.4, 0.5) is 0 Å². The lowest BCUT2D eigenvalue weighted by molar-refractivity contribution is 0.409. The van der Waals surface area contributed by atoms with Gasteiger partial charge in [0, 0.05) is 43.6 Å². The van der Waals surface area contributed by atoms with E-state index in [2.05, 4.69) is 185 Å². The molecule has 0 spiro atoms. The van der Waals surface area contributed by atoms with E-state index in [0.717, 1.165) is 83.2 Å². The molecule has 270 valence electrons. The van der Waals surface area contributed by atoms with Crippen LogP contribution < -0.4 is 10.6 Å². The number of nitrogens with one attached hydrogen (secondary N) is 2. The number of aliphatic imine (C=N–C) groups is 1. The zero-order chi connectivity index (χ0) is 37.5. The Morgan fingerprint density at radius 2 is 1.12 bits per heavy atom. The lowest BCUT2D eigenvalue weighted by Crippen LogP contribution is -2.44. The van der Waals surface area contributed by atoms with Gasteiger partial charge in [-0.05, 0) is 82.9 Å². The first-order valence-corrected chi connectivity index (χ1v) is 19.3. The minimum absolute atomic E-state index is 0.113. The number of rotatable bonds is 5. The van der Waals surface area contributed by atoms with E-state index >= 15 is 0 Å². The van der Waals surface area contributed by atoms with Gasteiger partial charge < -0.3 is 18.7 Å². The van der Waals surface area contributed by atoms with Crippen molar-refractivity contribution < 1.29 is 8.83 Å². The molecule has 57 heavy (non-hydrogen) atoms. The van der Waals surface area contributed by atoms with Crippen LogP contribution in [0.5, 0.6) is 0 Å². The summed E-state index contributed by atoms with van der Waals surface area (Å²) in [7, 11) is 0. The molecular weight excluding hydrogens is 701 g/mol. The highest BCUT2D eigenvalue weighted by Gasteiger charge is 2.26. The summed E-state index contributed by atoms with van der Waals surface area (Å²) in [5, 5.41) is 14.1. The Morgan fingerprint density at radius 3 is 1.91 bits per heavy atom. The molecule has 8 aromatic carbocycles. The van der Waals surface area contributed by atoms with Crippen molar-refractivity contribution in [1.29, 1.82) is 0 Å². The normalized spacial score (nSPS) is 15.9. The maximum absolute atomic E-state index is 6.55. The van der Waals surface area contributed by atoms with Crippen molar-refractivity contribution in [2.24, 2.45) is 4.99 Å². The second-order valence-corrected chi connectivity index (χ2v) is 14.8. The second kappa shape index (κ2) is 12.6. The first-order valence-electron chi connectivity index (χ1n) is 19.3. The topological polar surface area (TPSA) is 67.6 Å². The van der Waals surface area contributed by atoms with Gasteiger partial charge in [0.1, 0.15) is 40.5 Å². The smallest absolute Gasteiger partial charge is 0.136 e. The summed E-state index contributed by atoms with van der Waals surface area (Å²) in [6.45, 7) is 0. The largest absolute Gasteiger partial charge is 0.456 e. The van der Waals surface area contributed by atoms with E-state index in [9.17, 15) is 0 Å². The Labute approximate surface area is 327 Å². The van der Waals surface area contributed by atoms with Gasteiger partial charge in [0.05, 0.1) is 11.0 Å². The van der Waals surface area contributed by atoms with Gasteiger partial charge in [0.15, 0.2) is 0 Å². The van der Waals surface area contributed by atoms with E-state index in [1.807, 2.05) is 12.1 Å². The molecule has 11 aromatic rings. The van der Waals surface area contributed by atoms with E-state index in [-0.39, 0.29) is 12.3 Å². The fraction of sp³-hybridized carbons (Fsp3) is 0.0392. The fourth-order valence-corrected chi connectivity index (χ4v) is 8.82. The number of fused-ring (bicyclic) bond motifs is 9. The van der Waals surface area contributed by atoms with Gasteiger partial charge in [0.2, 0.25) is 0 Å². The van der Waals surface area contributed by atoms with Crippen LogP contribution in [0.1, 0.15) is 29.0 Å². The van der Waals surface area contributed by atoms with Crippen LogP contribution in [0, 0.1) is 0 Å². The summed E-state index contributed by atoms with van der Waals surface area (Å²) in [5.41, 5.74) is 12.3. The molecule has 0 saturated carbocycles. The van der Waals surface area contributed by atoms with E-state index in [4.69, 9.17) is 13.8 Å². The summed E-state index contributed by atoms with van der Waals surface area (Å²) in [5.74, 6) is 0.818. The highest BCUT2D eigenvalue weighted by Crippen LogP contribution is 2.41. The highest BCUT2D eigenvalue weighted by molar-refractivity contribution is 6.16. The molecule has 3 aromatic heterocycles. The molecule has 1 aliphatic rings. The van der Waals surface area contributed by atoms with Crippen LogP contribution >= 0.6 is 0 Å². The number of amidine groups is 1. The van der Waals surface area contributed by atoms with E-state index in [1.165, 1.54) is 21.8 Å². The first kappa shape index (κ1) is 31.9. The highest BCUT2D eigenvalue weighted by atomic mass is 16.3. The molecular formula is C51H34N4O2. The average Bonchev–Trinajstić information content (AvgIpc) is 3.95. The Bertz CT molecular complexity index is 3320. The molecule has 2 unspecified atom stereocenters. The summed E-state index contributed by atoms with van der Waals surface area (Å²) in [6, 6.07) is 63.9. The van der Waals surface area contributed by atoms with Crippen molar-refractivity contribution >= 4 is 71.5 Å². The van der Waals surface area contributed by atoms with Crippen molar-refractivity contribution in [3.05, 3.63) is 199 Å². The lowest BCUT2D eigenvalue weighted by atomic mass is 9.97. The van der Waals surface area contributed by atoms with Gasteiger partial charge >= 0.3 is 0 Å². The first-order chi connectivity index (χ1) is 28.2. The average molecular weight is 735 g/mol. The summed E-state index contributed by atoms with van der Waals surface area (Å²) >= 11 is 0. The Kier molecular flexibility index (Phi) is 7.03. The number of hydrogen-bond acceptors (Lipinski definition) is 5. The van der Waals surface area contributed by atoms with E-state index in [1.54, 1.807) is 0 Å². The van der Waals surface area contributed by atoms with Crippen LogP contribution in [0.2, 0.25) is 0 Å². The van der Waals surface area contributed by atoms with Crippen molar-refractivity contribution in [2.45, 2.75) is 12.3 Å². The van der Waals surface area contributed by atoms with Gasteiger partial charge in [-0.1, -0.05) is 121 Å². The molecule has 1 aliphatic heterocycles. The van der Waals surface area contributed by atoms with Crippen molar-refractivity contribution in [2.75, 3.05) is 0 Å². The number of aromatic nitrogens is 1. The third-order valence-electron chi connectivity index (χ3n) is 11.5. The molecule has 4 heterocycles. The number of benzene rings is 8. The van der Waals surface area contributed by atoms with Gasteiger partial charge in [-0.3, -0.25) is 5.32 Å². The van der Waals surface area contributed by atoms with Gasteiger partial charge in [0.25, 0.3) is 0 Å². The van der Waals surface area contributed by atoms with Crippen LogP contribution in [0.25, 0.3) is 82.5 Å². The van der Waals surface area contributed by atoms with Gasteiger partial charge in [-0.2, -0.15) is 0 Å². The zero-order valence-corrected chi connectivity index (χ0v) is 30.7. The molecule has 0 amide bonds. The molecule has 2 atom stereocenters. The van der Waals surface area contributed by atoms with Crippen LogP contribution in [0.3, 0.4) is 0 Å². The minimum Gasteiger partial charge on any atom is -0.456 e. The van der Waals surface area contributed by atoms with Gasteiger partial charge in [-0.15, -0.1) is 0 Å². The predicted molar refractivity (Wildman–Crippen MR) is 232 cm³/mol. The van der Waals surface area contributed by atoms with Gasteiger partial charge in [-0.25, -0.2) is 4.99 Å². The molecule has 6 nitrogen and oxygen atoms in total. The summed E-state index contributed by atoms with van der Waals surface area (Å²) in [4.78, 5) is 5.16. The third kappa shape index (κ3) is 5.12. The van der Waals surface area contributed by atoms with Crippen LogP contribution in [-0.4, -0.2) is 10.4 Å². The molecule has 0 fully saturated rings. The Hall–Kier alpha value is -7.41. The van der Waals surface area contributed by atoms with Crippen LogP contribution in [-0.2, 0) is 0 Å². The Morgan fingerprint density at radius 1 is 0.456 bits per heavy atom. The molecule has 6 heteroatoms. The maximum Gasteiger partial charge on any atom is 0.136 e. The fourth-order valence-electron chi connectivity index (χ4n) is 8.82. The number of hydrogen-bond donors (Lipinski definition) is 2. The monoisotopic (exact) mass is 734 g/mol. The molecule has 0 aliphatic carbocycles. The molecule has 0 radical (unpaired) electrons. The predicted octanol–water partition coefficient (Wildman–Crippen LogP) is 12.6. The van der Waals surface area contributed by atoms with Crippen molar-refractivity contribution in [3.8, 4) is 16.8 Å². The molecule has 2 N–H and O–H groups in total. The third-order valence-corrected chi connectivity index (χ3v) is 11.5. The quantitative estimate of drug-likeness (QED) is 0.185. The standard InChI is InChI=1S/C51H34N4O2/c1-3-12-31(13-4-1)49-52-50(32-14-5-2-6-15-32)54-51(53-49)34-22-25-39-40-28-33(23-26-44(40)57-47(39)29-34)36-18-11-21-46-48(36)41-30-35(24-27-45(41)56-46)55-42-19-9-7-16-37(42)38-17-8-10-20-43(38)55/h1-30,49-50,52H,(H,53,54). The zero-order valence-electron chi connectivity index (χ0n) is 30.7. The van der Waals surface area contributed by atoms with E-state index < -0.39 is 0 Å².